The minimum atomic E-state index is -0.230. The van der Waals surface area contributed by atoms with Gasteiger partial charge in [0.25, 0.3) is 0 Å². The van der Waals surface area contributed by atoms with Gasteiger partial charge in [-0.1, -0.05) is 12.1 Å². The first kappa shape index (κ1) is 14.8. The number of carbonyl (C=O) groups is 1. The smallest absolute Gasteiger partial charge is 0.227 e. The first-order chi connectivity index (χ1) is 9.56. The lowest BCUT2D eigenvalue weighted by Crippen LogP contribution is -2.44. The maximum atomic E-state index is 12.0. The average Bonchev–Trinajstić information content (AvgIpc) is 2.84. The molecule has 0 bridgehead atoms. The summed E-state index contributed by atoms with van der Waals surface area (Å²) in [6.07, 6.45) is 1.70. The van der Waals surface area contributed by atoms with Crippen molar-refractivity contribution in [2.75, 3.05) is 13.2 Å². The van der Waals surface area contributed by atoms with E-state index in [1.807, 2.05) is 19.1 Å². The third-order valence-electron chi connectivity index (χ3n) is 3.65. The lowest BCUT2D eigenvalue weighted by molar-refractivity contribution is -0.125. The number of ether oxygens (including phenoxy) is 1. The Morgan fingerprint density at radius 3 is 2.75 bits per heavy atom. The largest absolute Gasteiger partial charge is 0.508 e. The zero-order valence-corrected chi connectivity index (χ0v) is 11.7. The summed E-state index contributed by atoms with van der Waals surface area (Å²) < 4.78 is 5.20. The van der Waals surface area contributed by atoms with E-state index >= 15 is 0 Å². The van der Waals surface area contributed by atoms with Gasteiger partial charge in [-0.25, -0.2) is 0 Å². The number of phenols is 1. The van der Waals surface area contributed by atoms with Crippen molar-refractivity contribution in [1.82, 2.24) is 5.32 Å². The summed E-state index contributed by atoms with van der Waals surface area (Å²) in [7, 11) is 0. The van der Waals surface area contributed by atoms with Gasteiger partial charge in [0.2, 0.25) is 5.91 Å². The third-order valence-corrected chi connectivity index (χ3v) is 3.65. The summed E-state index contributed by atoms with van der Waals surface area (Å²) in [5.74, 6) is 0.0182. The van der Waals surface area contributed by atoms with Gasteiger partial charge in [-0.3, -0.25) is 4.79 Å². The molecule has 0 saturated carbocycles. The molecule has 1 saturated heterocycles. The van der Waals surface area contributed by atoms with Gasteiger partial charge < -0.3 is 20.9 Å². The molecule has 2 rings (SSSR count). The SMILES string of the molecule is CC(CCc1ccc(O)cc1)NC(=O)C1COCC1N. The van der Waals surface area contributed by atoms with Gasteiger partial charge in [-0.05, 0) is 37.5 Å². The molecule has 1 aromatic carbocycles. The number of nitrogens with two attached hydrogens (primary N) is 1. The topological polar surface area (TPSA) is 84.6 Å². The van der Waals surface area contributed by atoms with Crippen LogP contribution in [0.15, 0.2) is 24.3 Å². The van der Waals surface area contributed by atoms with E-state index in [2.05, 4.69) is 5.32 Å². The molecule has 0 aromatic heterocycles. The molecule has 3 atom stereocenters. The fourth-order valence-electron chi connectivity index (χ4n) is 2.31. The van der Waals surface area contributed by atoms with Crippen LogP contribution >= 0.6 is 0 Å². The number of nitrogens with one attached hydrogen (secondary N) is 1. The molecule has 20 heavy (non-hydrogen) atoms. The van der Waals surface area contributed by atoms with Gasteiger partial charge in [0.05, 0.1) is 19.1 Å². The number of hydrogen-bond donors (Lipinski definition) is 3. The van der Waals surface area contributed by atoms with Crippen molar-refractivity contribution in [3.05, 3.63) is 29.8 Å². The zero-order chi connectivity index (χ0) is 14.5. The first-order valence-corrected chi connectivity index (χ1v) is 6.98. The Kier molecular flexibility index (Phi) is 4.98. The molecule has 5 heteroatoms. The minimum Gasteiger partial charge on any atom is -0.508 e. The number of aryl methyl sites for hydroxylation is 1. The monoisotopic (exact) mass is 278 g/mol. The van der Waals surface area contributed by atoms with Crippen molar-refractivity contribution in [3.63, 3.8) is 0 Å². The van der Waals surface area contributed by atoms with E-state index in [0.717, 1.165) is 18.4 Å². The second-order valence-corrected chi connectivity index (χ2v) is 5.42. The van der Waals surface area contributed by atoms with Gasteiger partial charge in [0.15, 0.2) is 0 Å². The van der Waals surface area contributed by atoms with Crippen LogP contribution in [-0.4, -0.2) is 36.3 Å². The maximum Gasteiger partial charge on any atom is 0.227 e. The van der Waals surface area contributed by atoms with Crippen molar-refractivity contribution >= 4 is 5.91 Å². The van der Waals surface area contributed by atoms with Crippen LogP contribution in [0.1, 0.15) is 18.9 Å². The average molecular weight is 278 g/mol. The second kappa shape index (κ2) is 6.72. The Hall–Kier alpha value is -1.59. The van der Waals surface area contributed by atoms with Crippen molar-refractivity contribution in [2.45, 2.75) is 31.8 Å². The highest BCUT2D eigenvalue weighted by Gasteiger charge is 2.31. The Balaban J connectivity index is 1.76. The highest BCUT2D eigenvalue weighted by molar-refractivity contribution is 5.80. The summed E-state index contributed by atoms with van der Waals surface area (Å²) in [6, 6.07) is 7.03. The predicted molar refractivity (Wildman–Crippen MR) is 76.3 cm³/mol. The van der Waals surface area contributed by atoms with Gasteiger partial charge in [0.1, 0.15) is 5.75 Å². The zero-order valence-electron chi connectivity index (χ0n) is 11.7. The number of phenolic OH excluding ortho intramolecular Hbond substituents is 1. The van der Waals surface area contributed by atoms with Crippen LogP contribution in [-0.2, 0) is 16.0 Å². The molecule has 0 aliphatic carbocycles. The van der Waals surface area contributed by atoms with Crippen molar-refractivity contribution in [3.8, 4) is 5.75 Å². The molecule has 1 aliphatic heterocycles. The predicted octanol–water partition coefficient (Wildman–Crippen LogP) is 0.803. The number of benzene rings is 1. The molecule has 1 fully saturated rings. The summed E-state index contributed by atoms with van der Waals surface area (Å²) in [4.78, 5) is 12.0. The summed E-state index contributed by atoms with van der Waals surface area (Å²) in [5.41, 5.74) is 6.97. The van der Waals surface area contributed by atoms with E-state index in [4.69, 9.17) is 10.5 Å². The van der Waals surface area contributed by atoms with E-state index in [1.54, 1.807) is 12.1 Å². The van der Waals surface area contributed by atoms with E-state index in [-0.39, 0.29) is 29.7 Å². The fourth-order valence-corrected chi connectivity index (χ4v) is 2.31. The lowest BCUT2D eigenvalue weighted by Gasteiger charge is -2.18. The molecule has 110 valence electrons. The molecule has 0 spiro atoms. The first-order valence-electron chi connectivity index (χ1n) is 6.98. The van der Waals surface area contributed by atoms with Crippen LogP contribution in [0.5, 0.6) is 5.75 Å². The molecular weight excluding hydrogens is 256 g/mol. The van der Waals surface area contributed by atoms with Crippen LogP contribution < -0.4 is 11.1 Å². The number of aromatic hydroxyl groups is 1. The summed E-state index contributed by atoms with van der Waals surface area (Å²) >= 11 is 0. The Morgan fingerprint density at radius 1 is 1.45 bits per heavy atom. The summed E-state index contributed by atoms with van der Waals surface area (Å²) in [5, 5.41) is 12.2. The Morgan fingerprint density at radius 2 is 2.15 bits per heavy atom. The molecule has 1 amide bonds. The van der Waals surface area contributed by atoms with Crippen LogP contribution in [0.4, 0.5) is 0 Å². The molecule has 4 N–H and O–H groups in total. The highest BCUT2D eigenvalue weighted by atomic mass is 16.5. The Bertz CT molecular complexity index is 447. The van der Waals surface area contributed by atoms with Crippen LogP contribution in [0, 0.1) is 5.92 Å². The molecule has 1 aromatic rings. The van der Waals surface area contributed by atoms with Gasteiger partial charge in [-0.15, -0.1) is 0 Å². The second-order valence-electron chi connectivity index (χ2n) is 5.42. The summed E-state index contributed by atoms with van der Waals surface area (Å²) in [6.45, 7) is 2.86. The molecule has 1 heterocycles. The van der Waals surface area contributed by atoms with Crippen LogP contribution in [0.3, 0.4) is 0 Å². The molecule has 1 aliphatic rings. The number of carbonyl (C=O) groups excluding carboxylic acids is 1. The quantitative estimate of drug-likeness (QED) is 0.744. The normalized spacial score (nSPS) is 23.5. The minimum absolute atomic E-state index is 0.0202. The van der Waals surface area contributed by atoms with E-state index in [0.29, 0.717) is 13.2 Å². The van der Waals surface area contributed by atoms with Gasteiger partial charge >= 0.3 is 0 Å². The molecule has 3 unspecified atom stereocenters. The Labute approximate surface area is 119 Å². The number of rotatable bonds is 5. The van der Waals surface area contributed by atoms with Crippen molar-refractivity contribution < 1.29 is 14.6 Å². The van der Waals surface area contributed by atoms with E-state index in [1.165, 1.54) is 0 Å². The number of amides is 1. The highest BCUT2D eigenvalue weighted by Crippen LogP contribution is 2.14. The standard InChI is InChI=1S/C15H22N2O3/c1-10(2-3-11-4-6-12(18)7-5-11)17-15(19)13-8-20-9-14(13)16/h4-7,10,13-14,18H,2-3,8-9,16H2,1H3,(H,17,19). The molecule has 5 nitrogen and oxygen atoms in total. The third kappa shape index (κ3) is 3.95. The lowest BCUT2D eigenvalue weighted by atomic mass is 10.0. The van der Waals surface area contributed by atoms with Crippen LogP contribution in [0.2, 0.25) is 0 Å². The van der Waals surface area contributed by atoms with Crippen LogP contribution in [0.25, 0.3) is 0 Å². The maximum absolute atomic E-state index is 12.0. The van der Waals surface area contributed by atoms with E-state index < -0.39 is 0 Å². The fraction of sp³-hybridized carbons (Fsp3) is 0.533. The molecular formula is C15H22N2O3. The van der Waals surface area contributed by atoms with E-state index in [9.17, 15) is 9.90 Å². The number of hydrogen-bond acceptors (Lipinski definition) is 4. The van der Waals surface area contributed by atoms with Gasteiger partial charge in [0, 0.05) is 12.1 Å². The van der Waals surface area contributed by atoms with Crippen molar-refractivity contribution in [2.24, 2.45) is 11.7 Å². The van der Waals surface area contributed by atoms with Gasteiger partial charge in [-0.2, -0.15) is 0 Å². The molecule has 0 radical (unpaired) electrons. The van der Waals surface area contributed by atoms with Crippen molar-refractivity contribution in [1.29, 1.82) is 0 Å².